The Balaban J connectivity index is 1.03. The van der Waals surface area contributed by atoms with Gasteiger partial charge in [0.05, 0.1) is 19.2 Å². The standard InChI is InChI=1S/C53H59N3O11/c1-51(2,3)64-43(59)25-24-39(32-57)54-48(60)40(27-34-14-6-5-7-15-34)55(4)50(62)53-30-42-44-45(66-52(65-44)28-37-20-8-9-21-38(37)29-52)47(53)67-56(46(53)49(61)63-42)31-35-18-12-16-33(26-35)17-13-22-36-19-10-11-23-41(36)58/h5-21,23,26,39-40,42,44-47,57-58H,22,24-25,27-32H2,1-4H3,(H,54,60)/t39-,40+,42+,44-,45-,46-,47+,53-/m0/s1. The van der Waals surface area contributed by atoms with E-state index in [-0.39, 0.29) is 38.0 Å². The molecule has 14 heteroatoms. The lowest BCUT2D eigenvalue weighted by atomic mass is 9.62. The van der Waals surface area contributed by atoms with Crippen molar-refractivity contribution in [3.63, 3.8) is 0 Å². The van der Waals surface area contributed by atoms with Crippen LogP contribution in [0.5, 0.6) is 5.75 Å². The Morgan fingerprint density at radius 1 is 0.925 bits per heavy atom. The highest BCUT2D eigenvalue weighted by molar-refractivity contribution is 5.96. The maximum atomic E-state index is 15.9. The number of hydrogen-bond acceptors (Lipinski definition) is 12. The molecule has 2 aliphatic carbocycles. The number of ether oxygens (including phenoxy) is 4. The van der Waals surface area contributed by atoms with Crippen LogP contribution in [0.3, 0.4) is 0 Å². The molecule has 9 rings (SSSR count). The Kier molecular flexibility index (Phi) is 12.9. The van der Waals surface area contributed by atoms with Crippen molar-refractivity contribution < 1.29 is 53.2 Å². The summed E-state index contributed by atoms with van der Waals surface area (Å²) in [5.41, 5.74) is 3.18. The second-order valence-corrected chi connectivity index (χ2v) is 19.5. The second-order valence-electron chi connectivity index (χ2n) is 19.5. The number of fused-ring (bicyclic) bond motifs is 5. The zero-order chi connectivity index (χ0) is 47.1. The fourth-order valence-electron chi connectivity index (χ4n) is 10.6. The van der Waals surface area contributed by atoms with Gasteiger partial charge in [0.25, 0.3) is 0 Å². The van der Waals surface area contributed by atoms with Crippen LogP contribution in [-0.2, 0) is 75.2 Å². The highest BCUT2D eigenvalue weighted by Crippen LogP contribution is 2.59. The number of phenolic OH excluding ortho intramolecular Hbond substituents is 1. The molecule has 1 saturated carbocycles. The van der Waals surface area contributed by atoms with Crippen molar-refractivity contribution in [3.05, 3.63) is 143 Å². The van der Waals surface area contributed by atoms with Gasteiger partial charge in [0.15, 0.2) is 11.8 Å². The molecule has 67 heavy (non-hydrogen) atoms. The zero-order valence-corrected chi connectivity index (χ0v) is 38.3. The number of nitrogens with zero attached hydrogens (tertiary/aromatic N) is 2. The first kappa shape index (κ1) is 46.2. The molecule has 4 fully saturated rings. The summed E-state index contributed by atoms with van der Waals surface area (Å²) in [5, 5.41) is 25.1. The van der Waals surface area contributed by atoms with Crippen molar-refractivity contribution in [3.8, 4) is 5.75 Å². The number of nitrogens with one attached hydrogen (secondary N) is 1. The molecule has 3 N–H and O–H groups in total. The van der Waals surface area contributed by atoms with Gasteiger partial charge in [-0.2, -0.15) is 5.06 Å². The maximum Gasteiger partial charge on any atom is 0.327 e. The lowest BCUT2D eigenvalue weighted by Crippen LogP contribution is -2.70. The van der Waals surface area contributed by atoms with Crippen LogP contribution < -0.4 is 5.32 Å². The number of aromatic hydroxyl groups is 1. The van der Waals surface area contributed by atoms with E-state index in [1.165, 1.54) is 4.90 Å². The minimum atomic E-state index is -1.58. The number of phenols is 1. The predicted molar refractivity (Wildman–Crippen MR) is 246 cm³/mol. The van der Waals surface area contributed by atoms with Crippen LogP contribution in [0.2, 0.25) is 0 Å². The molecule has 0 unspecified atom stereocenters. The van der Waals surface area contributed by atoms with Gasteiger partial charge in [0.2, 0.25) is 11.8 Å². The van der Waals surface area contributed by atoms with E-state index in [0.717, 1.165) is 33.4 Å². The first-order chi connectivity index (χ1) is 32.1. The van der Waals surface area contributed by atoms with Gasteiger partial charge in [0.1, 0.15) is 47.2 Å². The van der Waals surface area contributed by atoms with Gasteiger partial charge in [-0.15, -0.1) is 0 Å². The second kappa shape index (κ2) is 18.6. The molecular weight excluding hydrogens is 855 g/mol. The summed E-state index contributed by atoms with van der Waals surface area (Å²) in [4.78, 5) is 66.0. The van der Waals surface area contributed by atoms with Gasteiger partial charge in [0, 0.05) is 39.2 Å². The van der Waals surface area contributed by atoms with Crippen molar-refractivity contribution in [1.29, 1.82) is 0 Å². The third kappa shape index (κ3) is 9.38. The molecule has 5 aliphatic rings. The summed E-state index contributed by atoms with van der Waals surface area (Å²) in [6.07, 6.45) is 2.24. The third-order valence-corrected chi connectivity index (χ3v) is 13.7. The number of aliphatic hydroxyl groups is 1. The summed E-state index contributed by atoms with van der Waals surface area (Å²) in [5.74, 6) is -2.96. The van der Waals surface area contributed by atoms with Crippen LogP contribution in [0.1, 0.15) is 73.4 Å². The minimum absolute atomic E-state index is 0.0430. The molecule has 14 nitrogen and oxygen atoms in total. The summed E-state index contributed by atoms with van der Waals surface area (Å²) >= 11 is 0. The number of carbonyl (C=O) groups excluding carboxylic acids is 4. The van der Waals surface area contributed by atoms with Gasteiger partial charge < -0.3 is 39.4 Å². The Bertz CT molecular complexity index is 2500. The summed E-state index contributed by atoms with van der Waals surface area (Å²) in [7, 11) is 1.57. The lowest BCUT2D eigenvalue weighted by Gasteiger charge is -2.50. The van der Waals surface area contributed by atoms with Crippen LogP contribution in [0.25, 0.3) is 6.08 Å². The number of hydrogen-bond donors (Lipinski definition) is 3. The number of aliphatic hydroxyl groups excluding tert-OH is 1. The average Bonchev–Trinajstić information content (AvgIpc) is 3.98. The largest absolute Gasteiger partial charge is 0.508 e. The molecule has 3 saturated heterocycles. The fraction of sp³-hybridized carbons (Fsp3) is 0.434. The molecule has 3 aliphatic heterocycles. The van der Waals surface area contributed by atoms with E-state index >= 15 is 4.79 Å². The molecule has 2 amide bonds. The summed E-state index contributed by atoms with van der Waals surface area (Å²) < 4.78 is 25.6. The number of benzene rings is 4. The number of hydroxylamine groups is 2. The number of rotatable bonds is 15. The van der Waals surface area contributed by atoms with E-state index in [1.807, 2.05) is 103 Å². The molecule has 2 bridgehead atoms. The van der Waals surface area contributed by atoms with Crippen LogP contribution in [0.4, 0.5) is 0 Å². The Morgan fingerprint density at radius 2 is 1.61 bits per heavy atom. The van der Waals surface area contributed by atoms with Gasteiger partial charge in [-0.25, -0.2) is 0 Å². The van der Waals surface area contributed by atoms with Gasteiger partial charge in [-0.1, -0.05) is 109 Å². The van der Waals surface area contributed by atoms with Crippen molar-refractivity contribution in [2.24, 2.45) is 5.41 Å². The molecule has 0 aromatic heterocycles. The average molecular weight is 914 g/mol. The highest BCUT2D eigenvalue weighted by Gasteiger charge is 2.77. The Labute approximate surface area is 390 Å². The molecular formula is C53H59N3O11. The topological polar surface area (TPSA) is 173 Å². The van der Waals surface area contributed by atoms with E-state index in [4.69, 9.17) is 23.8 Å². The Morgan fingerprint density at radius 3 is 2.33 bits per heavy atom. The molecule has 4 aromatic carbocycles. The maximum absolute atomic E-state index is 15.9. The van der Waals surface area contributed by atoms with Gasteiger partial charge in [-0.3, -0.25) is 24.0 Å². The third-order valence-electron chi connectivity index (χ3n) is 13.7. The number of amides is 2. The highest BCUT2D eigenvalue weighted by atomic mass is 16.8. The van der Waals surface area contributed by atoms with E-state index < -0.39 is 89.7 Å². The summed E-state index contributed by atoms with van der Waals surface area (Å²) in [6.45, 7) is 4.96. The summed E-state index contributed by atoms with van der Waals surface area (Å²) in [6, 6.07) is 29.2. The predicted octanol–water partition coefficient (Wildman–Crippen LogP) is 5.40. The first-order valence-electron chi connectivity index (χ1n) is 23.2. The monoisotopic (exact) mass is 913 g/mol. The number of esters is 2. The van der Waals surface area contributed by atoms with Crippen molar-refractivity contribution in [2.45, 2.75) is 126 Å². The first-order valence-corrected chi connectivity index (χ1v) is 23.2. The molecule has 352 valence electrons. The smallest absolute Gasteiger partial charge is 0.327 e. The Hall–Kier alpha value is -5.90. The number of likely N-dealkylation sites (N-methyl/N-ethyl adjacent to an activating group) is 1. The van der Waals surface area contributed by atoms with Gasteiger partial charge >= 0.3 is 11.9 Å². The fourth-order valence-corrected chi connectivity index (χ4v) is 10.6. The molecule has 3 heterocycles. The molecule has 4 aromatic rings. The quantitative estimate of drug-likeness (QED) is 0.130. The SMILES string of the molecule is CN(C(=O)[C@@]12C[C@H]3OC(=O)[C@@H]1N(Cc1cccc(C=CCc4ccccc4O)c1)O[C@@H]2[C@H]1OC2(Cc4ccccc4C2)O[C@H]13)[C@H](Cc1ccccc1)C(=O)N[C@H](CO)CCC(=O)OC(C)(C)C. The van der Waals surface area contributed by atoms with Crippen LogP contribution in [-0.4, -0.2) is 112 Å². The minimum Gasteiger partial charge on any atom is -0.508 e. The molecule has 0 radical (unpaired) electrons. The van der Waals surface area contributed by atoms with E-state index in [9.17, 15) is 24.6 Å². The van der Waals surface area contributed by atoms with Crippen molar-refractivity contribution >= 4 is 29.8 Å². The van der Waals surface area contributed by atoms with Gasteiger partial charge in [-0.05, 0) is 73.1 Å². The number of carbonyl (C=O) groups is 4. The van der Waals surface area contributed by atoms with E-state index in [1.54, 1.807) is 45.0 Å². The molecule has 8 atom stereocenters. The van der Waals surface area contributed by atoms with E-state index in [0.29, 0.717) is 19.3 Å². The van der Waals surface area contributed by atoms with Crippen LogP contribution >= 0.6 is 0 Å². The van der Waals surface area contributed by atoms with E-state index in [2.05, 4.69) is 5.32 Å². The lowest BCUT2D eigenvalue weighted by molar-refractivity contribution is -0.218. The normalized spacial score (nSPS) is 25.6. The number of allylic oxidation sites excluding steroid dienone is 1. The van der Waals surface area contributed by atoms with Crippen LogP contribution in [0.15, 0.2) is 109 Å². The molecule has 1 spiro atoms. The van der Waals surface area contributed by atoms with Crippen molar-refractivity contribution in [1.82, 2.24) is 15.3 Å². The number of para-hydroxylation sites is 1. The zero-order valence-electron chi connectivity index (χ0n) is 38.3. The van der Waals surface area contributed by atoms with Crippen molar-refractivity contribution in [2.75, 3.05) is 13.7 Å². The van der Waals surface area contributed by atoms with Crippen LogP contribution in [0, 0.1) is 5.41 Å².